The molecule has 0 bridgehead atoms. The van der Waals surface area contributed by atoms with Crippen molar-refractivity contribution >= 4 is 16.5 Å². The number of halogens is 1. The first-order valence-electron chi connectivity index (χ1n) is 10.3. The Kier molecular flexibility index (Phi) is 7.19. The van der Waals surface area contributed by atoms with Gasteiger partial charge >= 0.3 is 0 Å². The SMILES string of the molecule is Cc1[nH]c(C)c2c(=[N+]3CCCCC3)ccc(N3CCCCC3)cc12.[O-][Cl+3]([O-])([O-])[O-]. The van der Waals surface area contributed by atoms with Crippen LogP contribution in [0.2, 0.25) is 0 Å². The van der Waals surface area contributed by atoms with Crippen molar-refractivity contribution in [2.75, 3.05) is 31.1 Å². The van der Waals surface area contributed by atoms with Crippen molar-refractivity contribution in [1.82, 2.24) is 9.56 Å². The van der Waals surface area contributed by atoms with Crippen molar-refractivity contribution < 1.29 is 28.9 Å². The summed E-state index contributed by atoms with van der Waals surface area (Å²) in [6.45, 7) is 9.24. The normalized spacial score (nSPS) is 17.9. The number of nitrogens with one attached hydrogen (secondary N) is 1. The molecule has 2 aliphatic heterocycles. The number of aromatic nitrogens is 1. The lowest BCUT2D eigenvalue weighted by molar-refractivity contribution is -2.00. The van der Waals surface area contributed by atoms with Crippen molar-refractivity contribution in [3.05, 3.63) is 34.9 Å². The fourth-order valence-electron chi connectivity index (χ4n) is 4.50. The molecule has 0 unspecified atom stereocenters. The smallest absolute Gasteiger partial charge is 0.209 e. The molecule has 2 fully saturated rings. The number of hydrogen-bond acceptors (Lipinski definition) is 5. The highest BCUT2D eigenvalue weighted by atomic mass is 35.7. The van der Waals surface area contributed by atoms with Crippen LogP contribution < -0.4 is 33.5 Å². The van der Waals surface area contributed by atoms with Gasteiger partial charge in [-0.05, 0) is 51.7 Å². The van der Waals surface area contributed by atoms with E-state index in [-0.39, 0.29) is 0 Å². The van der Waals surface area contributed by atoms with E-state index in [9.17, 15) is 0 Å². The maximum Gasteiger partial charge on any atom is 0.209 e. The van der Waals surface area contributed by atoms with Gasteiger partial charge in [0.1, 0.15) is 13.1 Å². The molecule has 1 N–H and O–H groups in total. The minimum atomic E-state index is -4.94. The first-order valence-corrected chi connectivity index (χ1v) is 11.6. The quantitative estimate of drug-likeness (QED) is 0.589. The number of hydrogen-bond donors (Lipinski definition) is 1. The Labute approximate surface area is 173 Å². The van der Waals surface area contributed by atoms with Gasteiger partial charge in [-0.3, -0.25) is 0 Å². The van der Waals surface area contributed by atoms with Gasteiger partial charge < -0.3 is 9.88 Å². The zero-order valence-electron chi connectivity index (χ0n) is 17.2. The molecule has 2 aliphatic rings. The zero-order valence-corrected chi connectivity index (χ0v) is 18.0. The Morgan fingerprint density at radius 2 is 1.45 bits per heavy atom. The van der Waals surface area contributed by atoms with Crippen LogP contribution in [0.4, 0.5) is 5.69 Å². The lowest BCUT2D eigenvalue weighted by atomic mass is 10.1. The predicted octanol–water partition coefficient (Wildman–Crippen LogP) is -1.02. The minimum Gasteiger partial charge on any atom is -0.372 e. The summed E-state index contributed by atoms with van der Waals surface area (Å²) in [5.74, 6) is 0. The number of anilines is 1. The van der Waals surface area contributed by atoms with Crippen LogP contribution in [0.15, 0.2) is 18.2 Å². The Hall–Kier alpha value is -1.64. The van der Waals surface area contributed by atoms with E-state index in [1.54, 1.807) is 0 Å². The summed E-state index contributed by atoms with van der Waals surface area (Å²) in [4.78, 5) is 6.17. The monoisotopic (exact) mass is 423 g/mol. The summed E-state index contributed by atoms with van der Waals surface area (Å²) < 4.78 is 36.6. The molecule has 0 amide bonds. The van der Waals surface area contributed by atoms with E-state index in [1.165, 1.54) is 97.9 Å². The molecule has 7 nitrogen and oxygen atoms in total. The topological polar surface area (TPSA) is 114 Å². The highest BCUT2D eigenvalue weighted by molar-refractivity contribution is 5.89. The largest absolute Gasteiger partial charge is 0.372 e. The molecular weight excluding hydrogens is 394 g/mol. The average Bonchev–Trinajstić information content (AvgIpc) is 2.84. The third-order valence-corrected chi connectivity index (χ3v) is 5.80. The van der Waals surface area contributed by atoms with Crippen LogP contribution in [-0.4, -0.2) is 31.2 Å². The summed E-state index contributed by atoms with van der Waals surface area (Å²) in [6, 6.07) is 7.18. The average molecular weight is 424 g/mol. The minimum absolute atomic E-state index is 1.20. The maximum atomic E-state index is 8.49. The van der Waals surface area contributed by atoms with E-state index >= 15 is 0 Å². The molecular formula is C21H30ClN3O4. The molecule has 0 radical (unpaired) electrons. The molecule has 29 heavy (non-hydrogen) atoms. The Balaban J connectivity index is 0.000000431. The number of piperidine rings is 2. The van der Waals surface area contributed by atoms with Gasteiger partial charge in [-0.25, -0.2) is 23.2 Å². The predicted molar refractivity (Wildman–Crippen MR) is 103 cm³/mol. The highest BCUT2D eigenvalue weighted by Crippen LogP contribution is 2.25. The van der Waals surface area contributed by atoms with Crippen LogP contribution in [0.3, 0.4) is 0 Å². The molecule has 4 rings (SSSR count). The van der Waals surface area contributed by atoms with E-state index in [0.29, 0.717) is 0 Å². The summed E-state index contributed by atoms with van der Waals surface area (Å²) >= 11 is 0. The maximum absolute atomic E-state index is 8.49. The van der Waals surface area contributed by atoms with Gasteiger partial charge in [0.15, 0.2) is 0 Å². The summed E-state index contributed by atoms with van der Waals surface area (Å²) in [5, 5.41) is 4.26. The first-order chi connectivity index (χ1) is 13.7. The second-order valence-corrected chi connectivity index (χ2v) is 8.68. The van der Waals surface area contributed by atoms with Crippen LogP contribution in [-0.2, 0) is 0 Å². The molecule has 0 atom stereocenters. The fourth-order valence-corrected chi connectivity index (χ4v) is 4.50. The molecule has 0 aliphatic carbocycles. The van der Waals surface area contributed by atoms with Gasteiger partial charge in [0.05, 0.1) is 5.39 Å². The third kappa shape index (κ3) is 5.93. The van der Waals surface area contributed by atoms with Gasteiger partial charge in [-0.15, -0.1) is 10.2 Å². The zero-order chi connectivity index (χ0) is 21.0. The van der Waals surface area contributed by atoms with E-state index in [0.717, 1.165) is 0 Å². The van der Waals surface area contributed by atoms with Crippen LogP contribution in [0.5, 0.6) is 0 Å². The number of aromatic amines is 1. The Morgan fingerprint density at radius 1 is 0.862 bits per heavy atom. The summed E-state index contributed by atoms with van der Waals surface area (Å²) in [5.41, 5.74) is 4.00. The van der Waals surface area contributed by atoms with Crippen molar-refractivity contribution in [1.29, 1.82) is 0 Å². The second-order valence-electron chi connectivity index (χ2n) is 7.92. The van der Waals surface area contributed by atoms with E-state index in [1.807, 2.05) is 0 Å². The summed E-state index contributed by atoms with van der Waals surface area (Å²) in [7, 11) is -4.94. The molecule has 1 aromatic heterocycles. The van der Waals surface area contributed by atoms with Crippen molar-refractivity contribution in [3.63, 3.8) is 0 Å². The lowest BCUT2D eigenvalue weighted by Gasteiger charge is -2.28. The van der Waals surface area contributed by atoms with Crippen LogP contribution in [0.25, 0.3) is 10.8 Å². The highest BCUT2D eigenvalue weighted by Gasteiger charge is 2.18. The molecule has 160 valence electrons. The second kappa shape index (κ2) is 9.45. The van der Waals surface area contributed by atoms with E-state index < -0.39 is 10.2 Å². The molecule has 8 heteroatoms. The standard InChI is InChI=1S/C21H29N3.ClHO4/c1-16-19-15-18(23-11-5-3-6-12-23)9-10-20(21(19)17(2)22-16)24-13-7-4-8-14-24;2-1(3,4)5/h9-10,15H,3-8,11-14H2,1-2H3;(H,2,3,4,5). The lowest BCUT2D eigenvalue weighted by Crippen LogP contribution is -2.68. The molecule has 0 spiro atoms. The van der Waals surface area contributed by atoms with Gasteiger partial charge in [-0.1, -0.05) is 0 Å². The molecule has 1 aromatic carbocycles. The van der Waals surface area contributed by atoms with Gasteiger partial charge in [-0.2, -0.15) is 0 Å². The van der Waals surface area contributed by atoms with Crippen LogP contribution in [0, 0.1) is 24.1 Å². The van der Waals surface area contributed by atoms with Crippen molar-refractivity contribution in [3.8, 4) is 0 Å². The first kappa shape index (κ1) is 22.1. The number of rotatable bonds is 1. The van der Waals surface area contributed by atoms with Crippen LogP contribution in [0.1, 0.15) is 49.9 Å². The number of aryl methyl sites for hydroxylation is 2. The summed E-state index contributed by atoms with van der Waals surface area (Å²) in [6.07, 6.45) is 8.05. The van der Waals surface area contributed by atoms with Gasteiger partial charge in [0.25, 0.3) is 0 Å². The number of nitrogens with zero attached hydrogens (tertiary/aromatic N) is 2. The fraction of sp³-hybridized carbons (Fsp3) is 0.571. The molecule has 2 aromatic rings. The van der Waals surface area contributed by atoms with E-state index in [2.05, 4.69) is 46.5 Å². The van der Waals surface area contributed by atoms with Crippen molar-refractivity contribution in [2.45, 2.75) is 52.4 Å². The Morgan fingerprint density at radius 3 is 2.07 bits per heavy atom. The van der Waals surface area contributed by atoms with Crippen LogP contribution >= 0.6 is 0 Å². The van der Waals surface area contributed by atoms with Gasteiger partial charge in [0, 0.05) is 54.5 Å². The van der Waals surface area contributed by atoms with E-state index in [4.69, 9.17) is 18.6 Å². The number of fused-ring (bicyclic) bond motifs is 1. The number of H-pyrrole nitrogens is 1. The molecule has 2 saturated heterocycles. The molecule has 0 saturated carbocycles. The Bertz CT molecular complexity index is 901. The third-order valence-electron chi connectivity index (χ3n) is 5.80. The molecule has 3 heterocycles. The van der Waals surface area contributed by atoms with Crippen molar-refractivity contribution in [2.24, 2.45) is 0 Å². The van der Waals surface area contributed by atoms with Gasteiger partial charge in [0.2, 0.25) is 5.36 Å².